The molecule has 4 aliphatic carbocycles. The molecule has 0 saturated heterocycles. The second kappa shape index (κ2) is 6.81. The SMILES string of the molecule is O=C(Nc1c2c(nc3ccccc13)N(c1ccccc1)CC2)C12CC3CC(CC(C3)C1)C2. The summed E-state index contributed by atoms with van der Waals surface area (Å²) >= 11 is 0. The number of nitrogens with one attached hydrogen (secondary N) is 1. The van der Waals surface area contributed by atoms with Gasteiger partial charge in [-0.1, -0.05) is 36.4 Å². The number of amides is 1. The number of aromatic nitrogens is 1. The molecule has 4 fully saturated rings. The van der Waals surface area contributed by atoms with Crippen LogP contribution in [-0.2, 0) is 11.2 Å². The van der Waals surface area contributed by atoms with Crippen molar-refractivity contribution in [1.29, 1.82) is 0 Å². The maximum atomic E-state index is 13.9. The molecule has 4 saturated carbocycles. The van der Waals surface area contributed by atoms with Crippen LogP contribution in [0.5, 0.6) is 0 Å². The number of carbonyl (C=O) groups is 1. The van der Waals surface area contributed by atoms with E-state index in [9.17, 15) is 4.79 Å². The van der Waals surface area contributed by atoms with Gasteiger partial charge in [0.1, 0.15) is 5.82 Å². The maximum Gasteiger partial charge on any atom is 0.230 e. The molecule has 2 aromatic carbocycles. The third-order valence-electron chi connectivity index (χ3n) is 8.64. The first-order valence-corrected chi connectivity index (χ1v) is 12.2. The molecule has 1 N–H and O–H groups in total. The first kappa shape index (κ1) is 18.7. The van der Waals surface area contributed by atoms with Crippen LogP contribution in [-0.4, -0.2) is 17.4 Å². The highest BCUT2D eigenvalue weighted by atomic mass is 16.2. The minimum Gasteiger partial charge on any atom is -0.326 e. The lowest BCUT2D eigenvalue weighted by molar-refractivity contribution is -0.140. The van der Waals surface area contributed by atoms with Crippen molar-refractivity contribution in [2.75, 3.05) is 16.8 Å². The van der Waals surface area contributed by atoms with Crippen molar-refractivity contribution in [3.63, 3.8) is 0 Å². The van der Waals surface area contributed by atoms with Crippen molar-refractivity contribution in [3.05, 3.63) is 60.2 Å². The van der Waals surface area contributed by atoms with Gasteiger partial charge >= 0.3 is 0 Å². The van der Waals surface area contributed by atoms with Gasteiger partial charge in [0.2, 0.25) is 5.91 Å². The van der Waals surface area contributed by atoms with Gasteiger partial charge in [0, 0.05) is 23.2 Å². The first-order chi connectivity index (χ1) is 15.7. The summed E-state index contributed by atoms with van der Waals surface area (Å²) in [6.07, 6.45) is 8.23. The summed E-state index contributed by atoms with van der Waals surface area (Å²) < 4.78 is 0. The van der Waals surface area contributed by atoms with Gasteiger partial charge in [-0.15, -0.1) is 0 Å². The van der Waals surface area contributed by atoms with Crippen LogP contribution in [0.15, 0.2) is 54.6 Å². The summed E-state index contributed by atoms with van der Waals surface area (Å²) in [5, 5.41) is 4.58. The van der Waals surface area contributed by atoms with E-state index in [0.29, 0.717) is 0 Å². The monoisotopic (exact) mass is 423 g/mol. The number of hydrogen-bond donors (Lipinski definition) is 1. The van der Waals surface area contributed by atoms with Crippen molar-refractivity contribution >= 4 is 34.0 Å². The number of rotatable bonds is 3. The molecule has 4 heteroatoms. The number of hydrogen-bond acceptors (Lipinski definition) is 3. The first-order valence-electron chi connectivity index (χ1n) is 12.2. The van der Waals surface area contributed by atoms with E-state index in [1.165, 1.54) is 24.8 Å². The molecule has 1 aliphatic heterocycles. The van der Waals surface area contributed by atoms with Crippen LogP contribution in [0.1, 0.15) is 44.1 Å². The molecule has 0 spiro atoms. The molecule has 0 radical (unpaired) electrons. The van der Waals surface area contributed by atoms with E-state index in [0.717, 1.165) is 78.1 Å². The van der Waals surface area contributed by atoms with Crippen LogP contribution in [0.3, 0.4) is 0 Å². The Labute approximate surface area is 189 Å². The van der Waals surface area contributed by atoms with Gasteiger partial charge in [-0.2, -0.15) is 0 Å². The van der Waals surface area contributed by atoms with E-state index in [-0.39, 0.29) is 11.3 Å². The summed E-state index contributed by atoms with van der Waals surface area (Å²) in [5.41, 5.74) is 4.15. The van der Waals surface area contributed by atoms with Gasteiger partial charge in [-0.05, 0) is 80.9 Å². The van der Waals surface area contributed by atoms with E-state index in [4.69, 9.17) is 4.98 Å². The molecule has 3 aromatic rings. The summed E-state index contributed by atoms with van der Waals surface area (Å²) in [4.78, 5) is 21.3. The van der Waals surface area contributed by atoms with E-state index in [1.807, 2.05) is 12.1 Å². The molecule has 0 atom stereocenters. The zero-order valence-corrected chi connectivity index (χ0v) is 18.4. The Balaban J connectivity index is 1.31. The van der Waals surface area contributed by atoms with E-state index < -0.39 is 0 Å². The topological polar surface area (TPSA) is 45.2 Å². The van der Waals surface area contributed by atoms with Crippen molar-refractivity contribution in [2.24, 2.45) is 23.2 Å². The Hall–Kier alpha value is -2.88. The van der Waals surface area contributed by atoms with Gasteiger partial charge in [0.05, 0.1) is 16.6 Å². The summed E-state index contributed by atoms with van der Waals surface area (Å²) in [5.74, 6) is 3.56. The van der Waals surface area contributed by atoms with Gasteiger partial charge in [0.15, 0.2) is 0 Å². The number of anilines is 3. The highest BCUT2D eigenvalue weighted by Crippen LogP contribution is 2.60. The number of pyridine rings is 1. The zero-order chi connectivity index (χ0) is 21.3. The van der Waals surface area contributed by atoms with E-state index in [1.54, 1.807) is 0 Å². The van der Waals surface area contributed by atoms with Gasteiger partial charge in [-0.3, -0.25) is 4.79 Å². The molecule has 8 rings (SSSR count). The number of benzene rings is 2. The van der Waals surface area contributed by atoms with Gasteiger partial charge in [0.25, 0.3) is 0 Å². The highest BCUT2D eigenvalue weighted by Gasteiger charge is 2.54. The molecule has 4 bridgehead atoms. The minimum absolute atomic E-state index is 0.149. The average Bonchev–Trinajstić information content (AvgIpc) is 3.22. The molecule has 2 heterocycles. The fraction of sp³-hybridized carbons (Fsp3) is 0.429. The lowest BCUT2D eigenvalue weighted by Crippen LogP contribution is -2.51. The molecule has 162 valence electrons. The number of para-hydroxylation sites is 2. The van der Waals surface area contributed by atoms with Crippen molar-refractivity contribution in [3.8, 4) is 0 Å². The van der Waals surface area contributed by atoms with E-state index in [2.05, 4.69) is 52.7 Å². The van der Waals surface area contributed by atoms with Crippen LogP contribution >= 0.6 is 0 Å². The second-order valence-corrected chi connectivity index (χ2v) is 10.7. The van der Waals surface area contributed by atoms with Crippen LogP contribution in [0.4, 0.5) is 17.2 Å². The molecule has 4 nitrogen and oxygen atoms in total. The van der Waals surface area contributed by atoms with Crippen LogP contribution in [0.25, 0.3) is 10.9 Å². The highest BCUT2D eigenvalue weighted by molar-refractivity contribution is 6.06. The fourth-order valence-corrected chi connectivity index (χ4v) is 7.67. The summed E-state index contributed by atoms with van der Waals surface area (Å²) in [6, 6.07) is 18.7. The normalized spacial score (nSPS) is 30.0. The molecule has 32 heavy (non-hydrogen) atoms. The smallest absolute Gasteiger partial charge is 0.230 e. The quantitative estimate of drug-likeness (QED) is 0.555. The molecule has 0 unspecified atom stereocenters. The molecular formula is C28H29N3O. The van der Waals surface area contributed by atoms with Crippen molar-refractivity contribution in [2.45, 2.75) is 44.9 Å². The number of nitrogens with zero attached hydrogens (tertiary/aromatic N) is 2. The number of carbonyl (C=O) groups excluding carboxylic acids is 1. The fourth-order valence-electron chi connectivity index (χ4n) is 7.67. The third-order valence-corrected chi connectivity index (χ3v) is 8.64. The van der Waals surface area contributed by atoms with Crippen LogP contribution < -0.4 is 10.2 Å². The minimum atomic E-state index is -0.149. The molecule has 5 aliphatic rings. The van der Waals surface area contributed by atoms with Gasteiger partial charge in [-0.25, -0.2) is 4.98 Å². The lowest BCUT2D eigenvalue weighted by Gasteiger charge is -2.55. The Morgan fingerprint density at radius 1 is 0.906 bits per heavy atom. The Bertz CT molecular complexity index is 1180. The molecule has 1 amide bonds. The largest absolute Gasteiger partial charge is 0.326 e. The van der Waals surface area contributed by atoms with E-state index >= 15 is 0 Å². The third kappa shape index (κ3) is 2.74. The lowest BCUT2D eigenvalue weighted by atomic mass is 9.49. The number of fused-ring (bicyclic) bond motifs is 2. The Morgan fingerprint density at radius 3 is 2.28 bits per heavy atom. The Kier molecular flexibility index (Phi) is 3.97. The zero-order valence-electron chi connectivity index (χ0n) is 18.4. The van der Waals surface area contributed by atoms with Crippen molar-refractivity contribution in [1.82, 2.24) is 4.98 Å². The van der Waals surface area contributed by atoms with Crippen LogP contribution in [0, 0.1) is 23.2 Å². The second-order valence-electron chi connectivity index (χ2n) is 10.7. The predicted octanol–water partition coefficient (Wildman–Crippen LogP) is 6.08. The summed E-state index contributed by atoms with van der Waals surface area (Å²) in [6.45, 7) is 0.892. The molecular weight excluding hydrogens is 394 g/mol. The van der Waals surface area contributed by atoms with Crippen LogP contribution in [0.2, 0.25) is 0 Å². The summed E-state index contributed by atoms with van der Waals surface area (Å²) in [7, 11) is 0. The maximum absolute atomic E-state index is 13.9. The Morgan fingerprint density at radius 2 is 1.56 bits per heavy atom. The van der Waals surface area contributed by atoms with Gasteiger partial charge < -0.3 is 10.2 Å². The standard InChI is InChI=1S/C28H29N3O/c32-27(28-15-18-12-19(16-28)14-20(13-18)17-28)30-25-22-8-4-5-9-24(22)29-26-23(25)10-11-31(26)21-6-2-1-3-7-21/h1-9,18-20H,10-17H2,(H,29,30,32). The average molecular weight is 424 g/mol. The predicted molar refractivity (Wildman–Crippen MR) is 128 cm³/mol. The molecule has 1 aromatic heterocycles. The van der Waals surface area contributed by atoms with Crippen molar-refractivity contribution < 1.29 is 4.79 Å².